The Balaban J connectivity index is 0.00000121. The number of benzene rings is 1. The molecule has 96 valence electrons. The highest BCUT2D eigenvalue weighted by molar-refractivity contribution is 5.94. The Hall–Kier alpha value is -1.31. The van der Waals surface area contributed by atoms with E-state index >= 15 is 0 Å². The third-order valence-corrected chi connectivity index (χ3v) is 2.32. The molecular weight excluding hydrogens is 210 g/mol. The first-order valence-corrected chi connectivity index (χ1v) is 6.44. The largest absolute Gasteiger partial charge is 0.352 e. The zero-order valence-electron chi connectivity index (χ0n) is 11.7. The van der Waals surface area contributed by atoms with Crippen LogP contribution in [-0.4, -0.2) is 12.5 Å². The van der Waals surface area contributed by atoms with Crippen LogP contribution in [0.3, 0.4) is 0 Å². The van der Waals surface area contributed by atoms with Crippen molar-refractivity contribution in [1.29, 1.82) is 0 Å². The average Bonchev–Trinajstić information content (AvgIpc) is 2.32. The summed E-state index contributed by atoms with van der Waals surface area (Å²) in [6, 6.07) is 7.63. The second kappa shape index (κ2) is 8.80. The van der Waals surface area contributed by atoms with Crippen molar-refractivity contribution in [2.45, 2.75) is 41.0 Å². The van der Waals surface area contributed by atoms with Gasteiger partial charge in [0.15, 0.2) is 0 Å². The molecule has 0 saturated heterocycles. The monoisotopic (exact) mass is 235 g/mol. The topological polar surface area (TPSA) is 29.1 Å². The molecule has 0 fully saturated rings. The molecule has 1 amide bonds. The lowest BCUT2D eigenvalue weighted by molar-refractivity contribution is 0.0952. The first-order chi connectivity index (χ1) is 8.09. The fourth-order valence-corrected chi connectivity index (χ4v) is 1.28. The summed E-state index contributed by atoms with van der Waals surface area (Å²) in [7, 11) is 0. The number of carbonyl (C=O) groups excluding carboxylic acids is 1. The van der Waals surface area contributed by atoms with Gasteiger partial charge in [0.2, 0.25) is 0 Å². The third-order valence-electron chi connectivity index (χ3n) is 2.32. The van der Waals surface area contributed by atoms with Crippen LogP contribution in [0.5, 0.6) is 0 Å². The second-order valence-corrected chi connectivity index (χ2v) is 4.30. The molecule has 0 bridgehead atoms. The van der Waals surface area contributed by atoms with Gasteiger partial charge < -0.3 is 5.32 Å². The Morgan fingerprint density at radius 2 is 1.71 bits per heavy atom. The van der Waals surface area contributed by atoms with Crippen LogP contribution in [0.25, 0.3) is 0 Å². The van der Waals surface area contributed by atoms with E-state index in [4.69, 9.17) is 0 Å². The molecule has 0 aliphatic rings. The maximum absolute atomic E-state index is 11.6. The SMILES string of the molecule is CC.Cc1ccc(C(=O)NCCC(C)C)cc1. The second-order valence-electron chi connectivity index (χ2n) is 4.30. The normalized spacial score (nSPS) is 9.53. The van der Waals surface area contributed by atoms with Gasteiger partial charge in [-0.1, -0.05) is 45.4 Å². The third kappa shape index (κ3) is 6.77. The van der Waals surface area contributed by atoms with Crippen LogP contribution in [-0.2, 0) is 0 Å². The molecule has 0 heterocycles. The van der Waals surface area contributed by atoms with E-state index in [0.29, 0.717) is 5.92 Å². The van der Waals surface area contributed by atoms with E-state index in [1.165, 1.54) is 5.56 Å². The van der Waals surface area contributed by atoms with Gasteiger partial charge in [0, 0.05) is 12.1 Å². The highest BCUT2D eigenvalue weighted by atomic mass is 16.1. The van der Waals surface area contributed by atoms with Gasteiger partial charge in [0.05, 0.1) is 0 Å². The summed E-state index contributed by atoms with van der Waals surface area (Å²) in [5.74, 6) is 0.652. The van der Waals surface area contributed by atoms with E-state index in [-0.39, 0.29) is 5.91 Å². The van der Waals surface area contributed by atoms with E-state index in [0.717, 1.165) is 18.5 Å². The van der Waals surface area contributed by atoms with E-state index in [9.17, 15) is 4.79 Å². The Morgan fingerprint density at radius 1 is 1.18 bits per heavy atom. The van der Waals surface area contributed by atoms with E-state index in [2.05, 4.69) is 19.2 Å². The molecule has 0 radical (unpaired) electrons. The summed E-state index contributed by atoms with van der Waals surface area (Å²) in [4.78, 5) is 11.6. The summed E-state index contributed by atoms with van der Waals surface area (Å²) in [5, 5.41) is 2.91. The van der Waals surface area contributed by atoms with Crippen molar-refractivity contribution < 1.29 is 4.79 Å². The van der Waals surface area contributed by atoms with Crippen LogP contribution in [0.15, 0.2) is 24.3 Å². The van der Waals surface area contributed by atoms with Crippen LogP contribution in [0.4, 0.5) is 0 Å². The maximum atomic E-state index is 11.6. The minimum Gasteiger partial charge on any atom is -0.352 e. The van der Waals surface area contributed by atoms with Gasteiger partial charge in [-0.15, -0.1) is 0 Å². The number of hydrogen-bond acceptors (Lipinski definition) is 1. The van der Waals surface area contributed by atoms with Gasteiger partial charge >= 0.3 is 0 Å². The van der Waals surface area contributed by atoms with E-state index in [1.54, 1.807) is 0 Å². The average molecular weight is 235 g/mol. The Kier molecular flexibility index (Phi) is 8.12. The predicted octanol–water partition coefficient (Wildman–Crippen LogP) is 3.80. The Labute approximate surface area is 105 Å². The van der Waals surface area contributed by atoms with Crippen molar-refractivity contribution in [2.24, 2.45) is 5.92 Å². The number of rotatable bonds is 4. The summed E-state index contributed by atoms with van der Waals surface area (Å²) in [6.45, 7) is 11.1. The number of aryl methyl sites for hydroxylation is 1. The van der Waals surface area contributed by atoms with Gasteiger partial charge in [-0.25, -0.2) is 0 Å². The minimum absolute atomic E-state index is 0.0238. The van der Waals surface area contributed by atoms with Gasteiger partial charge in [-0.3, -0.25) is 4.79 Å². The highest BCUT2D eigenvalue weighted by Crippen LogP contribution is 2.03. The molecule has 0 saturated carbocycles. The van der Waals surface area contributed by atoms with E-state index < -0.39 is 0 Å². The molecule has 0 spiro atoms. The number of amides is 1. The number of hydrogen-bond donors (Lipinski definition) is 1. The van der Waals surface area contributed by atoms with Crippen molar-refractivity contribution in [3.63, 3.8) is 0 Å². The Morgan fingerprint density at radius 3 is 2.18 bits per heavy atom. The molecule has 1 rings (SSSR count). The van der Waals surface area contributed by atoms with Crippen LogP contribution < -0.4 is 5.32 Å². The molecule has 0 aliphatic carbocycles. The molecule has 0 aromatic heterocycles. The van der Waals surface area contributed by atoms with E-state index in [1.807, 2.05) is 45.0 Å². The van der Waals surface area contributed by atoms with Crippen LogP contribution >= 0.6 is 0 Å². The maximum Gasteiger partial charge on any atom is 0.251 e. The van der Waals surface area contributed by atoms with Crippen molar-refractivity contribution in [2.75, 3.05) is 6.54 Å². The van der Waals surface area contributed by atoms with Gasteiger partial charge in [-0.05, 0) is 31.4 Å². The highest BCUT2D eigenvalue weighted by Gasteiger charge is 2.03. The van der Waals surface area contributed by atoms with Crippen molar-refractivity contribution in [1.82, 2.24) is 5.32 Å². The molecule has 1 aromatic carbocycles. The summed E-state index contributed by atoms with van der Waals surface area (Å²) < 4.78 is 0. The lowest BCUT2D eigenvalue weighted by atomic mass is 10.1. The van der Waals surface area contributed by atoms with Crippen molar-refractivity contribution in [3.8, 4) is 0 Å². The van der Waals surface area contributed by atoms with Gasteiger partial charge in [-0.2, -0.15) is 0 Å². The van der Waals surface area contributed by atoms with Gasteiger partial charge in [0.25, 0.3) is 5.91 Å². The van der Waals surface area contributed by atoms with Crippen LogP contribution in [0.1, 0.15) is 50.0 Å². The molecule has 2 nitrogen and oxygen atoms in total. The molecule has 0 unspecified atom stereocenters. The molecule has 0 aliphatic heterocycles. The lowest BCUT2D eigenvalue weighted by Gasteiger charge is -2.07. The lowest BCUT2D eigenvalue weighted by Crippen LogP contribution is -2.25. The zero-order chi connectivity index (χ0) is 13.3. The fraction of sp³-hybridized carbons (Fsp3) is 0.533. The summed E-state index contributed by atoms with van der Waals surface area (Å²) in [5.41, 5.74) is 1.91. The quantitative estimate of drug-likeness (QED) is 0.845. The smallest absolute Gasteiger partial charge is 0.251 e. The molecule has 2 heteroatoms. The Bertz CT molecular complexity index is 314. The van der Waals surface area contributed by atoms with Crippen molar-refractivity contribution >= 4 is 5.91 Å². The first-order valence-electron chi connectivity index (χ1n) is 6.44. The van der Waals surface area contributed by atoms with Crippen LogP contribution in [0, 0.1) is 12.8 Å². The van der Waals surface area contributed by atoms with Gasteiger partial charge in [0.1, 0.15) is 0 Å². The van der Waals surface area contributed by atoms with Crippen LogP contribution in [0.2, 0.25) is 0 Å². The standard InChI is InChI=1S/C13H19NO.C2H6/c1-10(2)8-9-14-13(15)12-6-4-11(3)5-7-12;1-2/h4-7,10H,8-9H2,1-3H3,(H,14,15);1-2H3. The predicted molar refractivity (Wildman–Crippen MR) is 74.3 cm³/mol. The van der Waals surface area contributed by atoms with Crippen molar-refractivity contribution in [3.05, 3.63) is 35.4 Å². The zero-order valence-corrected chi connectivity index (χ0v) is 11.7. The number of carbonyl (C=O) groups is 1. The first kappa shape index (κ1) is 15.7. The molecule has 0 atom stereocenters. The summed E-state index contributed by atoms with van der Waals surface area (Å²) >= 11 is 0. The molecule has 17 heavy (non-hydrogen) atoms. The molecular formula is C15H25NO. The molecule has 1 aromatic rings. The minimum atomic E-state index is 0.0238. The fourth-order valence-electron chi connectivity index (χ4n) is 1.28. The number of nitrogens with one attached hydrogen (secondary N) is 1. The molecule has 1 N–H and O–H groups in total. The summed E-state index contributed by atoms with van der Waals surface area (Å²) in [6.07, 6.45) is 1.03.